The Morgan fingerprint density at radius 3 is 3.11 bits per heavy atom. The molecule has 1 N–H and O–H groups in total. The van der Waals surface area contributed by atoms with Crippen LogP contribution in [-0.2, 0) is 11.3 Å². The third kappa shape index (κ3) is 3.64. The fraction of sp³-hybridized carbons (Fsp3) is 0.250. The highest BCUT2D eigenvalue weighted by atomic mass is 32.1. The molecular weight excluding hydrogens is 266 g/mol. The fourth-order valence-corrected chi connectivity index (χ4v) is 2.14. The molecule has 0 unspecified atom stereocenters. The topological polar surface area (TPSA) is 79.5 Å². The van der Waals surface area contributed by atoms with Crippen molar-refractivity contribution >= 4 is 17.3 Å². The van der Waals surface area contributed by atoms with E-state index in [-0.39, 0.29) is 19.6 Å². The Balaban J connectivity index is 2.06. The zero-order valence-corrected chi connectivity index (χ0v) is 10.8. The molecule has 0 aliphatic carbocycles. The lowest BCUT2D eigenvalue weighted by Crippen LogP contribution is -2.29. The number of rotatable bonds is 6. The fourth-order valence-electron chi connectivity index (χ4n) is 1.51. The minimum Gasteiger partial charge on any atom is -0.480 e. The molecule has 0 saturated carbocycles. The monoisotopic (exact) mass is 277 g/mol. The van der Waals surface area contributed by atoms with E-state index < -0.39 is 5.97 Å². The minimum atomic E-state index is -0.951. The molecule has 7 heteroatoms. The summed E-state index contributed by atoms with van der Waals surface area (Å²) in [6.07, 6.45) is 5.19. The van der Waals surface area contributed by atoms with Crippen LogP contribution in [0.3, 0.4) is 0 Å². The first-order valence-corrected chi connectivity index (χ1v) is 6.36. The van der Waals surface area contributed by atoms with Crippen LogP contribution in [0.2, 0.25) is 0 Å². The number of carboxylic acid groups (broad SMARTS) is 1. The number of aliphatic carboxylic acids is 1. The lowest BCUT2D eigenvalue weighted by Gasteiger charge is -2.13. The molecule has 2 aromatic rings. The van der Waals surface area contributed by atoms with Crippen LogP contribution in [0.25, 0.3) is 11.4 Å². The number of carboxylic acids is 1. The maximum atomic E-state index is 10.7. The SMILES string of the molecule is C#CCN(CC(=O)O)Cc1nc(-c2ccsc2)no1. The number of thiophene rings is 1. The van der Waals surface area contributed by atoms with Gasteiger partial charge in [-0.05, 0) is 11.4 Å². The molecule has 0 radical (unpaired) electrons. The largest absolute Gasteiger partial charge is 0.480 e. The number of terminal acetylenes is 1. The molecule has 0 spiro atoms. The maximum absolute atomic E-state index is 10.7. The average molecular weight is 277 g/mol. The average Bonchev–Trinajstić information content (AvgIpc) is 2.97. The van der Waals surface area contributed by atoms with Crippen LogP contribution in [0.15, 0.2) is 21.3 Å². The summed E-state index contributed by atoms with van der Waals surface area (Å²) < 4.78 is 5.09. The van der Waals surface area contributed by atoms with Gasteiger partial charge in [0.2, 0.25) is 11.7 Å². The first-order valence-electron chi connectivity index (χ1n) is 5.42. The molecule has 0 aliphatic heterocycles. The molecule has 0 bridgehead atoms. The summed E-state index contributed by atoms with van der Waals surface area (Å²) >= 11 is 1.54. The van der Waals surface area contributed by atoms with Crippen LogP contribution in [0.4, 0.5) is 0 Å². The van der Waals surface area contributed by atoms with E-state index in [4.69, 9.17) is 16.1 Å². The summed E-state index contributed by atoms with van der Waals surface area (Å²) in [6, 6.07) is 1.88. The van der Waals surface area contributed by atoms with E-state index in [0.29, 0.717) is 11.7 Å². The van der Waals surface area contributed by atoms with Gasteiger partial charge >= 0.3 is 5.97 Å². The predicted octanol–water partition coefficient (Wildman–Crippen LogP) is 1.32. The van der Waals surface area contributed by atoms with Gasteiger partial charge in [0.15, 0.2) is 0 Å². The molecule has 2 rings (SSSR count). The summed E-state index contributed by atoms with van der Waals surface area (Å²) in [5, 5.41) is 16.4. The van der Waals surface area contributed by atoms with Crippen molar-refractivity contribution in [1.82, 2.24) is 15.0 Å². The highest BCUT2D eigenvalue weighted by Gasteiger charge is 2.14. The van der Waals surface area contributed by atoms with Gasteiger partial charge in [0.25, 0.3) is 0 Å². The van der Waals surface area contributed by atoms with E-state index in [1.165, 1.54) is 16.2 Å². The molecule has 0 atom stereocenters. The Morgan fingerprint density at radius 1 is 1.63 bits per heavy atom. The standard InChI is InChI=1S/C12H11N3O3S/c1-2-4-15(7-11(16)17)6-10-13-12(14-18-10)9-3-5-19-8-9/h1,3,5,8H,4,6-7H2,(H,16,17). The number of aromatic nitrogens is 2. The van der Waals surface area contributed by atoms with Gasteiger partial charge in [-0.15, -0.1) is 6.42 Å². The van der Waals surface area contributed by atoms with E-state index >= 15 is 0 Å². The summed E-state index contributed by atoms with van der Waals surface area (Å²) in [4.78, 5) is 16.4. The normalized spacial score (nSPS) is 10.5. The van der Waals surface area contributed by atoms with Crippen LogP contribution in [-0.4, -0.2) is 39.2 Å². The van der Waals surface area contributed by atoms with Crippen molar-refractivity contribution in [2.45, 2.75) is 6.54 Å². The molecule has 0 saturated heterocycles. The summed E-state index contributed by atoms with van der Waals surface area (Å²) in [6.45, 7) is 0.260. The highest BCUT2D eigenvalue weighted by Crippen LogP contribution is 2.18. The molecule has 0 aliphatic rings. The van der Waals surface area contributed by atoms with E-state index in [0.717, 1.165) is 5.56 Å². The second-order valence-corrected chi connectivity index (χ2v) is 4.55. The van der Waals surface area contributed by atoms with Gasteiger partial charge in [-0.2, -0.15) is 16.3 Å². The molecule has 0 amide bonds. The van der Waals surface area contributed by atoms with Crippen molar-refractivity contribution < 1.29 is 14.4 Å². The zero-order valence-electron chi connectivity index (χ0n) is 9.94. The lowest BCUT2D eigenvalue weighted by atomic mass is 10.3. The van der Waals surface area contributed by atoms with Gasteiger partial charge in [-0.1, -0.05) is 11.1 Å². The van der Waals surface area contributed by atoms with Gasteiger partial charge in [0.1, 0.15) is 0 Å². The van der Waals surface area contributed by atoms with E-state index in [2.05, 4.69) is 16.1 Å². The molecule has 98 valence electrons. The predicted molar refractivity (Wildman–Crippen MR) is 69.4 cm³/mol. The van der Waals surface area contributed by atoms with Crippen molar-refractivity contribution in [2.75, 3.05) is 13.1 Å². The van der Waals surface area contributed by atoms with Crippen molar-refractivity contribution in [3.63, 3.8) is 0 Å². The summed E-state index contributed by atoms with van der Waals surface area (Å²) in [5.74, 6) is 2.29. The summed E-state index contributed by atoms with van der Waals surface area (Å²) in [5.41, 5.74) is 0.877. The minimum absolute atomic E-state index is 0.166. The molecule has 0 fully saturated rings. The quantitative estimate of drug-likeness (QED) is 0.802. The maximum Gasteiger partial charge on any atom is 0.317 e. The van der Waals surface area contributed by atoms with Crippen LogP contribution >= 0.6 is 11.3 Å². The Labute approximate surface area is 113 Å². The highest BCUT2D eigenvalue weighted by molar-refractivity contribution is 7.08. The van der Waals surface area contributed by atoms with Crippen LogP contribution in [0.5, 0.6) is 0 Å². The van der Waals surface area contributed by atoms with E-state index in [9.17, 15) is 4.79 Å². The van der Waals surface area contributed by atoms with Crippen molar-refractivity contribution in [3.05, 3.63) is 22.7 Å². The third-order valence-corrected chi connectivity index (χ3v) is 2.96. The molecule has 6 nitrogen and oxygen atoms in total. The second-order valence-electron chi connectivity index (χ2n) is 3.77. The summed E-state index contributed by atoms with van der Waals surface area (Å²) in [7, 11) is 0. The lowest BCUT2D eigenvalue weighted by molar-refractivity contribution is -0.138. The van der Waals surface area contributed by atoms with Crippen LogP contribution in [0, 0.1) is 12.3 Å². The van der Waals surface area contributed by atoms with Gasteiger partial charge < -0.3 is 9.63 Å². The molecule has 0 aromatic carbocycles. The molecular formula is C12H11N3O3S. The van der Waals surface area contributed by atoms with Gasteiger partial charge in [0.05, 0.1) is 19.6 Å². The number of nitrogens with zero attached hydrogens (tertiary/aromatic N) is 3. The van der Waals surface area contributed by atoms with Crippen molar-refractivity contribution in [3.8, 4) is 23.7 Å². The molecule has 19 heavy (non-hydrogen) atoms. The molecule has 2 aromatic heterocycles. The molecule has 2 heterocycles. The van der Waals surface area contributed by atoms with E-state index in [1.807, 2.05) is 16.8 Å². The number of hydrogen-bond donors (Lipinski definition) is 1. The number of carbonyl (C=O) groups is 1. The first-order chi connectivity index (χ1) is 9.19. The first kappa shape index (κ1) is 13.3. The Kier molecular flexibility index (Phi) is 4.28. The second kappa shape index (κ2) is 6.13. The van der Waals surface area contributed by atoms with Gasteiger partial charge in [-0.3, -0.25) is 9.69 Å². The van der Waals surface area contributed by atoms with E-state index in [1.54, 1.807) is 0 Å². The van der Waals surface area contributed by atoms with Crippen molar-refractivity contribution in [2.24, 2.45) is 0 Å². The smallest absolute Gasteiger partial charge is 0.317 e. The third-order valence-electron chi connectivity index (χ3n) is 2.28. The van der Waals surface area contributed by atoms with Crippen molar-refractivity contribution in [1.29, 1.82) is 0 Å². The van der Waals surface area contributed by atoms with Crippen LogP contribution in [0.1, 0.15) is 5.89 Å². The van der Waals surface area contributed by atoms with Gasteiger partial charge in [-0.25, -0.2) is 0 Å². The zero-order chi connectivity index (χ0) is 13.7. The Bertz CT molecular complexity index is 586. The van der Waals surface area contributed by atoms with Crippen LogP contribution < -0.4 is 0 Å². The Morgan fingerprint density at radius 2 is 2.47 bits per heavy atom. The Hall–Kier alpha value is -2.17. The van der Waals surface area contributed by atoms with Gasteiger partial charge in [0, 0.05) is 10.9 Å². The number of hydrogen-bond acceptors (Lipinski definition) is 6.